The Balaban J connectivity index is 1.20. The fourth-order valence-corrected chi connectivity index (χ4v) is 7.02. The van der Waals surface area contributed by atoms with Gasteiger partial charge >= 0.3 is 0 Å². The number of allylic oxidation sites excluding steroid dienone is 4. The molecular formula is C43H32N4. The van der Waals surface area contributed by atoms with E-state index in [1.54, 1.807) is 0 Å². The van der Waals surface area contributed by atoms with Gasteiger partial charge in [0.15, 0.2) is 0 Å². The summed E-state index contributed by atoms with van der Waals surface area (Å²) in [5.74, 6) is 0. The highest BCUT2D eigenvalue weighted by Gasteiger charge is 2.18. The highest BCUT2D eigenvalue weighted by molar-refractivity contribution is 6.19. The number of hydrogen-bond acceptors (Lipinski definition) is 3. The Bertz CT molecular complexity index is 2440. The highest BCUT2D eigenvalue weighted by Crippen LogP contribution is 2.39. The normalized spacial score (nSPS) is 14.4. The molecule has 0 spiro atoms. The van der Waals surface area contributed by atoms with E-state index < -0.39 is 0 Å². The quantitative estimate of drug-likeness (QED) is 0.206. The van der Waals surface area contributed by atoms with Gasteiger partial charge in [-0.15, -0.1) is 0 Å². The Kier molecular flexibility index (Phi) is 6.57. The maximum absolute atomic E-state index is 4.57. The molecule has 0 unspecified atom stereocenters. The van der Waals surface area contributed by atoms with Gasteiger partial charge in [-0.25, -0.2) is 0 Å². The SMILES string of the molecule is C1=CC(C2=CNCC(c3ccc4c5ccc6cc(-c7cccc(-c8ccccn8)c7)ccc6c5n(-c5ccccc5)c4c3)=C2)=CCN1. The molecule has 2 aliphatic heterocycles. The summed E-state index contributed by atoms with van der Waals surface area (Å²) in [6, 6.07) is 43.9. The van der Waals surface area contributed by atoms with Gasteiger partial charge in [0.1, 0.15) is 0 Å². The van der Waals surface area contributed by atoms with Crippen molar-refractivity contribution in [2.45, 2.75) is 0 Å². The lowest BCUT2D eigenvalue weighted by Gasteiger charge is -2.18. The van der Waals surface area contributed by atoms with Crippen LogP contribution >= 0.6 is 0 Å². The van der Waals surface area contributed by atoms with Crippen molar-refractivity contribution >= 4 is 38.2 Å². The Morgan fingerprint density at radius 1 is 0.617 bits per heavy atom. The molecule has 0 saturated carbocycles. The molecule has 7 aromatic rings. The van der Waals surface area contributed by atoms with Gasteiger partial charge in [-0.1, -0.05) is 84.9 Å². The third-order valence-electron chi connectivity index (χ3n) is 9.32. The standard InChI is InChI=1S/C43H32N4/c1-2-9-37(10-3-1)47-42-26-32(36-25-35(27-45-28-36)29-18-21-44-22-19-29)13-16-39(42)40-17-14-33-23-31(12-15-38(33)43(40)47)30-7-6-8-34(24-30)41-11-4-5-20-46-41/h1-21,23-27,44-45H,22,28H2. The van der Waals surface area contributed by atoms with Crippen molar-refractivity contribution in [2.75, 3.05) is 13.1 Å². The van der Waals surface area contributed by atoms with E-state index in [0.717, 1.165) is 30.0 Å². The molecule has 0 radical (unpaired) electrons. The van der Waals surface area contributed by atoms with Gasteiger partial charge < -0.3 is 15.2 Å². The lowest BCUT2D eigenvalue weighted by molar-refractivity contribution is 0.947. The van der Waals surface area contributed by atoms with Gasteiger partial charge in [0.2, 0.25) is 0 Å². The second-order valence-corrected chi connectivity index (χ2v) is 12.1. The Hall–Kier alpha value is -6.13. The van der Waals surface area contributed by atoms with Crippen molar-refractivity contribution in [1.82, 2.24) is 20.2 Å². The van der Waals surface area contributed by atoms with Crippen molar-refractivity contribution < 1.29 is 0 Å². The molecule has 0 bridgehead atoms. The van der Waals surface area contributed by atoms with Crippen molar-refractivity contribution in [1.29, 1.82) is 0 Å². The predicted octanol–water partition coefficient (Wildman–Crippen LogP) is 9.58. The number of para-hydroxylation sites is 1. The van der Waals surface area contributed by atoms with Crippen LogP contribution in [0.4, 0.5) is 0 Å². The van der Waals surface area contributed by atoms with Crippen LogP contribution in [0.25, 0.3) is 66.2 Å². The fourth-order valence-electron chi connectivity index (χ4n) is 7.02. The lowest BCUT2D eigenvalue weighted by atomic mass is 9.95. The van der Waals surface area contributed by atoms with Crippen LogP contribution in [0.15, 0.2) is 169 Å². The van der Waals surface area contributed by atoms with Crippen molar-refractivity contribution in [3.05, 3.63) is 175 Å². The van der Waals surface area contributed by atoms with Crippen LogP contribution in [0, 0.1) is 0 Å². The minimum Gasteiger partial charge on any atom is -0.387 e. The third-order valence-corrected chi connectivity index (χ3v) is 9.32. The van der Waals surface area contributed by atoms with E-state index in [-0.39, 0.29) is 0 Å². The number of rotatable bonds is 5. The van der Waals surface area contributed by atoms with Crippen LogP contribution < -0.4 is 10.6 Å². The Morgan fingerprint density at radius 2 is 1.45 bits per heavy atom. The van der Waals surface area contributed by atoms with Gasteiger partial charge in [-0.3, -0.25) is 4.98 Å². The molecule has 2 N–H and O–H groups in total. The average Bonchev–Trinajstić information content (AvgIpc) is 3.50. The first kappa shape index (κ1) is 27.2. The highest BCUT2D eigenvalue weighted by atomic mass is 15.0. The third kappa shape index (κ3) is 4.82. The van der Waals surface area contributed by atoms with Gasteiger partial charge in [-0.05, 0) is 99.6 Å². The smallest absolute Gasteiger partial charge is 0.0702 e. The number of pyridine rings is 1. The van der Waals surface area contributed by atoms with Crippen molar-refractivity contribution in [3.8, 4) is 28.1 Å². The predicted molar refractivity (Wildman–Crippen MR) is 196 cm³/mol. The largest absolute Gasteiger partial charge is 0.387 e. The summed E-state index contributed by atoms with van der Waals surface area (Å²) < 4.78 is 2.45. The number of nitrogens with zero attached hydrogens (tertiary/aromatic N) is 2. The molecule has 0 aliphatic carbocycles. The molecule has 9 rings (SSSR count). The molecule has 224 valence electrons. The number of fused-ring (bicyclic) bond motifs is 5. The summed E-state index contributed by atoms with van der Waals surface area (Å²) in [6.45, 7) is 1.64. The van der Waals surface area contributed by atoms with E-state index in [1.807, 2.05) is 24.5 Å². The van der Waals surface area contributed by atoms with Crippen LogP contribution in [-0.2, 0) is 0 Å². The molecule has 5 aromatic carbocycles. The molecule has 0 fully saturated rings. The number of dihydropyridines is 2. The van der Waals surface area contributed by atoms with E-state index in [4.69, 9.17) is 0 Å². The van der Waals surface area contributed by atoms with Crippen LogP contribution in [0.2, 0.25) is 0 Å². The zero-order valence-electron chi connectivity index (χ0n) is 25.8. The van der Waals surface area contributed by atoms with E-state index >= 15 is 0 Å². The summed E-state index contributed by atoms with van der Waals surface area (Å²) in [6.07, 6.45) is 12.7. The first-order valence-electron chi connectivity index (χ1n) is 16.1. The maximum Gasteiger partial charge on any atom is 0.0702 e. The van der Waals surface area contributed by atoms with Crippen LogP contribution in [0.5, 0.6) is 0 Å². The summed E-state index contributed by atoms with van der Waals surface area (Å²) >= 11 is 0. The van der Waals surface area contributed by atoms with Crippen LogP contribution in [0.1, 0.15) is 5.56 Å². The molecule has 4 nitrogen and oxygen atoms in total. The Morgan fingerprint density at radius 3 is 2.32 bits per heavy atom. The van der Waals surface area contributed by atoms with Crippen LogP contribution in [0.3, 0.4) is 0 Å². The fraction of sp³-hybridized carbons (Fsp3) is 0.0465. The van der Waals surface area contributed by atoms with Gasteiger partial charge in [0.25, 0.3) is 0 Å². The minimum atomic E-state index is 0.795. The second-order valence-electron chi connectivity index (χ2n) is 12.1. The molecule has 0 saturated heterocycles. The lowest BCUT2D eigenvalue weighted by Crippen LogP contribution is -2.16. The number of benzene rings is 5. The zero-order valence-corrected chi connectivity index (χ0v) is 25.8. The van der Waals surface area contributed by atoms with Gasteiger partial charge in [0, 0.05) is 52.9 Å². The number of hydrogen-bond donors (Lipinski definition) is 2. The maximum atomic E-state index is 4.57. The molecule has 47 heavy (non-hydrogen) atoms. The summed E-state index contributed by atoms with van der Waals surface area (Å²) in [5, 5.41) is 11.7. The average molecular weight is 605 g/mol. The van der Waals surface area contributed by atoms with E-state index in [9.17, 15) is 0 Å². The molecule has 4 heterocycles. The summed E-state index contributed by atoms with van der Waals surface area (Å²) in [4.78, 5) is 4.57. The summed E-state index contributed by atoms with van der Waals surface area (Å²) in [7, 11) is 0. The minimum absolute atomic E-state index is 0.795. The monoisotopic (exact) mass is 604 g/mol. The van der Waals surface area contributed by atoms with Gasteiger partial charge in [0.05, 0.1) is 16.7 Å². The molecule has 2 aromatic heterocycles. The van der Waals surface area contributed by atoms with Crippen molar-refractivity contribution in [3.63, 3.8) is 0 Å². The number of nitrogens with one attached hydrogen (secondary N) is 2. The Labute approximate surface area is 273 Å². The first-order chi connectivity index (χ1) is 23.3. The molecule has 0 amide bonds. The molecule has 0 atom stereocenters. The topological polar surface area (TPSA) is 41.9 Å². The van der Waals surface area contributed by atoms with Crippen molar-refractivity contribution in [2.24, 2.45) is 0 Å². The van der Waals surface area contributed by atoms with Gasteiger partial charge in [-0.2, -0.15) is 0 Å². The van der Waals surface area contributed by atoms with E-state index in [1.165, 1.54) is 66.0 Å². The zero-order chi connectivity index (χ0) is 31.2. The van der Waals surface area contributed by atoms with Crippen LogP contribution in [-0.4, -0.2) is 22.6 Å². The summed E-state index contributed by atoms with van der Waals surface area (Å²) in [5.41, 5.74) is 13.0. The first-order valence-corrected chi connectivity index (χ1v) is 16.1. The van der Waals surface area contributed by atoms with E-state index in [2.05, 4.69) is 154 Å². The molecule has 2 aliphatic rings. The molecule has 4 heteroatoms. The van der Waals surface area contributed by atoms with E-state index in [0.29, 0.717) is 0 Å². The number of aromatic nitrogens is 2. The second kappa shape index (κ2) is 11.3. The molecular weight excluding hydrogens is 573 g/mol.